The minimum absolute atomic E-state index is 0.00451. The molecule has 0 aromatic heterocycles. The maximum absolute atomic E-state index is 12.3. The fourth-order valence-corrected chi connectivity index (χ4v) is 2.95. The molecule has 150 valence electrons. The van der Waals surface area contributed by atoms with Crippen LogP contribution >= 0.6 is 0 Å². The van der Waals surface area contributed by atoms with Crippen molar-refractivity contribution in [3.8, 4) is 5.75 Å². The number of hydrogen-bond acceptors (Lipinski definition) is 6. The van der Waals surface area contributed by atoms with Crippen molar-refractivity contribution in [2.45, 2.75) is 6.42 Å². The molecule has 0 radical (unpaired) electrons. The van der Waals surface area contributed by atoms with E-state index in [-0.39, 0.29) is 30.1 Å². The Labute approximate surface area is 165 Å². The van der Waals surface area contributed by atoms with Crippen LogP contribution in [0.3, 0.4) is 0 Å². The van der Waals surface area contributed by atoms with E-state index in [0.29, 0.717) is 11.4 Å². The number of hydrazine groups is 1. The Morgan fingerprint density at radius 1 is 1.17 bits per heavy atom. The number of nitro benzene ring substituents is 1. The van der Waals surface area contributed by atoms with Crippen molar-refractivity contribution in [1.29, 1.82) is 0 Å². The van der Waals surface area contributed by atoms with Gasteiger partial charge < -0.3 is 9.64 Å². The highest BCUT2D eigenvalue weighted by Gasteiger charge is 2.35. The van der Waals surface area contributed by atoms with E-state index in [1.54, 1.807) is 24.3 Å². The number of carbonyl (C=O) groups is 3. The number of rotatable bonds is 5. The van der Waals surface area contributed by atoms with Crippen LogP contribution in [0.1, 0.15) is 16.8 Å². The Morgan fingerprint density at radius 3 is 2.55 bits per heavy atom. The van der Waals surface area contributed by atoms with Crippen molar-refractivity contribution in [3.05, 3.63) is 64.2 Å². The van der Waals surface area contributed by atoms with E-state index < -0.39 is 22.7 Å². The third kappa shape index (κ3) is 4.49. The quantitative estimate of drug-likeness (QED) is 0.578. The van der Waals surface area contributed by atoms with E-state index in [0.717, 1.165) is 6.07 Å². The number of methoxy groups -OCH3 is 1. The predicted molar refractivity (Wildman–Crippen MR) is 102 cm³/mol. The molecule has 2 N–H and O–H groups in total. The molecule has 1 fully saturated rings. The Bertz CT molecular complexity index is 959. The van der Waals surface area contributed by atoms with E-state index in [1.807, 2.05) is 0 Å². The van der Waals surface area contributed by atoms with Gasteiger partial charge in [0, 0.05) is 36.3 Å². The molecule has 1 aliphatic heterocycles. The van der Waals surface area contributed by atoms with Crippen molar-refractivity contribution in [1.82, 2.24) is 10.9 Å². The number of nitrogens with one attached hydrogen (secondary N) is 2. The van der Waals surface area contributed by atoms with Crippen molar-refractivity contribution in [3.63, 3.8) is 0 Å². The maximum Gasteiger partial charge on any atom is 0.270 e. The summed E-state index contributed by atoms with van der Waals surface area (Å²) in [4.78, 5) is 48.4. The first-order valence-electron chi connectivity index (χ1n) is 8.68. The van der Waals surface area contributed by atoms with Crippen molar-refractivity contribution < 1.29 is 24.0 Å². The van der Waals surface area contributed by atoms with Crippen molar-refractivity contribution in [2.75, 3.05) is 18.6 Å². The zero-order valence-corrected chi connectivity index (χ0v) is 15.5. The van der Waals surface area contributed by atoms with E-state index in [4.69, 9.17) is 4.74 Å². The number of carbonyl (C=O) groups excluding carboxylic acids is 3. The number of nitro groups is 1. The van der Waals surface area contributed by atoms with Gasteiger partial charge in [0.1, 0.15) is 5.75 Å². The summed E-state index contributed by atoms with van der Waals surface area (Å²) in [5, 5.41) is 10.8. The number of anilines is 1. The van der Waals surface area contributed by atoms with Crippen LogP contribution in [0.2, 0.25) is 0 Å². The molecule has 2 aromatic rings. The molecule has 0 aliphatic carbocycles. The Morgan fingerprint density at radius 2 is 1.90 bits per heavy atom. The van der Waals surface area contributed by atoms with Gasteiger partial charge in [0.05, 0.1) is 18.0 Å². The van der Waals surface area contributed by atoms with Gasteiger partial charge in [0.25, 0.3) is 11.6 Å². The van der Waals surface area contributed by atoms with Gasteiger partial charge in [0.2, 0.25) is 11.8 Å². The standard InChI is InChI=1S/C19H18N4O6/c1-29-16-7-5-14(6-8-16)22-11-13(10-17(22)24)19(26)21-20-18(25)12-3-2-4-15(9-12)23(27)28/h2-9,13H,10-11H2,1H3,(H,20,25)(H,21,26)/t13-/m1/s1. The second kappa shape index (κ2) is 8.38. The van der Waals surface area contributed by atoms with Crippen LogP contribution in [0.25, 0.3) is 0 Å². The fourth-order valence-electron chi connectivity index (χ4n) is 2.95. The van der Waals surface area contributed by atoms with E-state index in [2.05, 4.69) is 10.9 Å². The first kappa shape index (κ1) is 19.8. The lowest BCUT2D eigenvalue weighted by Gasteiger charge is -2.17. The molecule has 1 atom stereocenters. The van der Waals surface area contributed by atoms with Gasteiger partial charge in [-0.1, -0.05) is 6.07 Å². The predicted octanol–water partition coefficient (Wildman–Crippen LogP) is 1.42. The summed E-state index contributed by atoms with van der Waals surface area (Å²) in [7, 11) is 1.54. The van der Waals surface area contributed by atoms with E-state index >= 15 is 0 Å². The van der Waals surface area contributed by atoms with Crippen LogP contribution in [-0.2, 0) is 9.59 Å². The summed E-state index contributed by atoms with van der Waals surface area (Å²) >= 11 is 0. The zero-order valence-electron chi connectivity index (χ0n) is 15.5. The minimum atomic E-state index is -0.696. The topological polar surface area (TPSA) is 131 Å². The normalized spacial score (nSPS) is 15.7. The van der Waals surface area contributed by atoms with Gasteiger partial charge >= 0.3 is 0 Å². The van der Waals surface area contributed by atoms with Gasteiger partial charge in [-0.3, -0.25) is 35.3 Å². The summed E-state index contributed by atoms with van der Waals surface area (Å²) in [6, 6.07) is 12.0. The molecule has 3 amide bonds. The molecule has 10 nitrogen and oxygen atoms in total. The maximum atomic E-state index is 12.3. The third-order valence-corrected chi connectivity index (χ3v) is 4.50. The number of hydrogen-bond donors (Lipinski definition) is 2. The van der Waals surface area contributed by atoms with Crippen LogP contribution in [0.5, 0.6) is 5.75 Å². The van der Waals surface area contributed by atoms with Crippen molar-refractivity contribution >= 4 is 29.1 Å². The highest BCUT2D eigenvalue weighted by atomic mass is 16.6. The first-order valence-corrected chi connectivity index (χ1v) is 8.68. The molecule has 1 heterocycles. The summed E-state index contributed by atoms with van der Waals surface area (Å²) in [5.74, 6) is -1.42. The molecule has 29 heavy (non-hydrogen) atoms. The summed E-state index contributed by atoms with van der Waals surface area (Å²) in [6.45, 7) is 0.170. The number of nitrogens with zero attached hydrogens (tertiary/aromatic N) is 2. The lowest BCUT2D eigenvalue weighted by Crippen LogP contribution is -2.45. The molecule has 0 unspecified atom stereocenters. The fraction of sp³-hybridized carbons (Fsp3) is 0.211. The molecule has 2 aromatic carbocycles. The Kier molecular flexibility index (Phi) is 5.72. The summed E-state index contributed by atoms with van der Waals surface area (Å²) in [6.07, 6.45) is 0.00451. The van der Waals surface area contributed by atoms with Crippen LogP contribution < -0.4 is 20.5 Å². The highest BCUT2D eigenvalue weighted by Crippen LogP contribution is 2.26. The second-order valence-corrected chi connectivity index (χ2v) is 6.35. The number of benzene rings is 2. The Hall–Kier alpha value is -3.95. The smallest absolute Gasteiger partial charge is 0.270 e. The largest absolute Gasteiger partial charge is 0.497 e. The minimum Gasteiger partial charge on any atom is -0.497 e. The highest BCUT2D eigenvalue weighted by molar-refractivity contribution is 6.01. The van der Waals surface area contributed by atoms with Crippen LogP contribution in [0.4, 0.5) is 11.4 Å². The number of amides is 3. The van der Waals surface area contributed by atoms with Gasteiger partial charge in [0.15, 0.2) is 0 Å². The monoisotopic (exact) mass is 398 g/mol. The second-order valence-electron chi connectivity index (χ2n) is 6.35. The van der Waals surface area contributed by atoms with Crippen LogP contribution in [-0.4, -0.2) is 36.3 Å². The summed E-state index contributed by atoms with van der Waals surface area (Å²) in [5.41, 5.74) is 4.93. The molecule has 0 saturated carbocycles. The lowest BCUT2D eigenvalue weighted by atomic mass is 10.1. The number of non-ortho nitro benzene ring substituents is 1. The molecule has 1 aliphatic rings. The van der Waals surface area contributed by atoms with Crippen LogP contribution in [0, 0.1) is 16.0 Å². The number of ether oxygens (including phenoxy) is 1. The molecular formula is C19H18N4O6. The Balaban J connectivity index is 1.58. The lowest BCUT2D eigenvalue weighted by molar-refractivity contribution is -0.384. The SMILES string of the molecule is COc1ccc(N2C[C@H](C(=O)NNC(=O)c3cccc([N+](=O)[O-])c3)CC2=O)cc1. The molecule has 1 saturated heterocycles. The summed E-state index contributed by atoms with van der Waals surface area (Å²) < 4.78 is 5.08. The third-order valence-electron chi connectivity index (χ3n) is 4.50. The van der Waals surface area contributed by atoms with Crippen LogP contribution in [0.15, 0.2) is 48.5 Å². The van der Waals surface area contributed by atoms with E-state index in [1.165, 1.54) is 30.2 Å². The molecule has 3 rings (SSSR count). The van der Waals surface area contributed by atoms with Gasteiger partial charge in [-0.25, -0.2) is 0 Å². The first-order chi connectivity index (χ1) is 13.9. The average Bonchev–Trinajstić information content (AvgIpc) is 3.13. The molecule has 0 bridgehead atoms. The van der Waals surface area contributed by atoms with Crippen molar-refractivity contribution in [2.24, 2.45) is 5.92 Å². The van der Waals surface area contributed by atoms with Gasteiger partial charge in [-0.05, 0) is 30.3 Å². The molecule has 0 spiro atoms. The van der Waals surface area contributed by atoms with E-state index in [9.17, 15) is 24.5 Å². The zero-order chi connectivity index (χ0) is 21.0. The van der Waals surface area contributed by atoms with Gasteiger partial charge in [-0.2, -0.15) is 0 Å². The van der Waals surface area contributed by atoms with Gasteiger partial charge in [-0.15, -0.1) is 0 Å². The molecule has 10 heteroatoms. The average molecular weight is 398 g/mol. The molecular weight excluding hydrogens is 380 g/mol.